The summed E-state index contributed by atoms with van der Waals surface area (Å²) >= 11 is 0. The van der Waals surface area contributed by atoms with Gasteiger partial charge in [0.25, 0.3) is 0 Å². The van der Waals surface area contributed by atoms with E-state index in [-0.39, 0.29) is 0 Å². The summed E-state index contributed by atoms with van der Waals surface area (Å²) in [4.78, 5) is 4.26. The zero-order valence-electron chi connectivity index (χ0n) is 10.2. The third-order valence-electron chi connectivity index (χ3n) is 3.27. The van der Waals surface area contributed by atoms with Gasteiger partial charge in [0.1, 0.15) is 6.33 Å². The molecule has 0 radical (unpaired) electrons. The number of ether oxygens (including phenoxy) is 1. The van der Waals surface area contributed by atoms with Crippen molar-refractivity contribution in [1.82, 2.24) is 19.6 Å². The lowest BCUT2D eigenvalue weighted by Gasteiger charge is -2.11. The molecule has 0 aliphatic heterocycles. The number of hydrogen-bond acceptors (Lipinski definition) is 5. The minimum atomic E-state index is 0.462. The van der Waals surface area contributed by atoms with E-state index in [0.717, 1.165) is 18.0 Å². The van der Waals surface area contributed by atoms with Gasteiger partial charge in [-0.1, -0.05) is 12.8 Å². The predicted molar refractivity (Wildman–Crippen MR) is 67.5 cm³/mol. The van der Waals surface area contributed by atoms with Crippen LogP contribution in [0.25, 0.3) is 5.65 Å². The van der Waals surface area contributed by atoms with Crippen molar-refractivity contribution in [1.29, 1.82) is 0 Å². The first-order valence-corrected chi connectivity index (χ1v) is 6.43. The molecule has 0 unspecified atom stereocenters. The lowest BCUT2D eigenvalue weighted by atomic mass is 10.3. The topological polar surface area (TPSA) is 64.3 Å². The Hall–Kier alpha value is -1.69. The second-order valence-electron chi connectivity index (χ2n) is 4.54. The zero-order valence-corrected chi connectivity index (χ0v) is 10.2. The first-order valence-electron chi connectivity index (χ1n) is 6.43. The van der Waals surface area contributed by atoms with Crippen LogP contribution in [0.4, 0.5) is 5.82 Å². The van der Waals surface area contributed by atoms with Crippen molar-refractivity contribution in [3.63, 3.8) is 0 Å². The van der Waals surface area contributed by atoms with E-state index in [1.807, 2.05) is 10.6 Å². The summed E-state index contributed by atoms with van der Waals surface area (Å²) in [6, 6.07) is 0. The number of rotatable bonds is 5. The molecule has 1 aliphatic carbocycles. The fourth-order valence-electron chi connectivity index (χ4n) is 2.33. The van der Waals surface area contributed by atoms with Crippen molar-refractivity contribution < 1.29 is 4.74 Å². The molecule has 6 heteroatoms. The van der Waals surface area contributed by atoms with Crippen molar-refractivity contribution >= 4 is 11.5 Å². The molecular weight excluding hydrogens is 230 g/mol. The lowest BCUT2D eigenvalue weighted by Crippen LogP contribution is -2.16. The van der Waals surface area contributed by atoms with Gasteiger partial charge in [0.15, 0.2) is 5.82 Å². The Morgan fingerprint density at radius 2 is 2.28 bits per heavy atom. The number of nitrogens with zero attached hydrogens (tertiary/aromatic N) is 4. The average molecular weight is 247 g/mol. The largest absolute Gasteiger partial charge is 0.376 e. The predicted octanol–water partition coefficient (Wildman–Crippen LogP) is 1.50. The molecule has 96 valence electrons. The van der Waals surface area contributed by atoms with E-state index in [1.54, 1.807) is 12.5 Å². The number of hydrogen-bond donors (Lipinski definition) is 1. The van der Waals surface area contributed by atoms with Crippen LogP contribution in [0.1, 0.15) is 25.7 Å². The molecule has 6 nitrogen and oxygen atoms in total. The summed E-state index contributed by atoms with van der Waals surface area (Å²) in [6.07, 6.45) is 10.7. The van der Waals surface area contributed by atoms with Crippen LogP contribution in [0, 0.1) is 0 Å². The van der Waals surface area contributed by atoms with Crippen LogP contribution >= 0.6 is 0 Å². The van der Waals surface area contributed by atoms with Crippen LogP contribution in [-0.4, -0.2) is 38.8 Å². The molecule has 18 heavy (non-hydrogen) atoms. The van der Waals surface area contributed by atoms with Crippen LogP contribution < -0.4 is 5.32 Å². The summed E-state index contributed by atoms with van der Waals surface area (Å²) in [5, 5.41) is 11.1. The van der Waals surface area contributed by atoms with Crippen molar-refractivity contribution in [2.75, 3.05) is 18.5 Å². The Labute approximate surface area is 105 Å². The fourth-order valence-corrected chi connectivity index (χ4v) is 2.33. The Bertz CT molecular complexity index is 506. The summed E-state index contributed by atoms with van der Waals surface area (Å²) in [5.41, 5.74) is 0.748. The van der Waals surface area contributed by atoms with Crippen LogP contribution in [0.15, 0.2) is 18.7 Å². The standard InChI is InChI=1S/C12H17N5O/c1-2-4-10(3-1)18-8-6-14-11-12-16-15-9-17(12)7-5-13-11/h5,7,9-10H,1-4,6,8H2,(H,13,14). The molecule has 0 bridgehead atoms. The Morgan fingerprint density at radius 3 is 3.17 bits per heavy atom. The molecule has 0 spiro atoms. The number of anilines is 1. The summed E-state index contributed by atoms with van der Waals surface area (Å²) in [5.74, 6) is 0.755. The quantitative estimate of drug-likeness (QED) is 0.811. The SMILES string of the molecule is c1cn2cnnc2c(NCCOC2CCCC2)n1. The highest BCUT2D eigenvalue weighted by molar-refractivity contribution is 5.61. The molecule has 0 saturated heterocycles. The van der Waals surface area contributed by atoms with E-state index >= 15 is 0 Å². The molecule has 1 aliphatic rings. The molecule has 0 atom stereocenters. The van der Waals surface area contributed by atoms with Gasteiger partial charge >= 0.3 is 0 Å². The van der Waals surface area contributed by atoms with E-state index in [4.69, 9.17) is 4.74 Å². The number of fused-ring (bicyclic) bond motifs is 1. The van der Waals surface area contributed by atoms with Gasteiger partial charge in [0.2, 0.25) is 5.65 Å². The molecule has 1 N–H and O–H groups in total. The molecule has 2 heterocycles. The van der Waals surface area contributed by atoms with Gasteiger partial charge in [0, 0.05) is 18.9 Å². The van der Waals surface area contributed by atoms with E-state index in [0.29, 0.717) is 12.7 Å². The minimum Gasteiger partial charge on any atom is -0.376 e. The van der Waals surface area contributed by atoms with Crippen LogP contribution in [0.3, 0.4) is 0 Å². The van der Waals surface area contributed by atoms with Gasteiger partial charge in [-0.05, 0) is 12.8 Å². The van der Waals surface area contributed by atoms with Crippen molar-refractivity contribution in [3.05, 3.63) is 18.7 Å². The van der Waals surface area contributed by atoms with Crippen LogP contribution in [0.5, 0.6) is 0 Å². The smallest absolute Gasteiger partial charge is 0.203 e. The second kappa shape index (κ2) is 5.30. The maximum absolute atomic E-state index is 5.79. The molecular formula is C12H17N5O. The highest BCUT2D eigenvalue weighted by atomic mass is 16.5. The summed E-state index contributed by atoms with van der Waals surface area (Å²) in [6.45, 7) is 1.46. The number of aromatic nitrogens is 4. The molecule has 2 aromatic heterocycles. The zero-order chi connectivity index (χ0) is 12.2. The van der Waals surface area contributed by atoms with E-state index in [2.05, 4.69) is 20.5 Å². The average Bonchev–Trinajstić information content (AvgIpc) is 3.05. The van der Waals surface area contributed by atoms with E-state index in [1.165, 1.54) is 25.7 Å². The third kappa shape index (κ3) is 2.43. The second-order valence-corrected chi connectivity index (χ2v) is 4.54. The van der Waals surface area contributed by atoms with Gasteiger partial charge in [0.05, 0.1) is 12.7 Å². The van der Waals surface area contributed by atoms with Gasteiger partial charge in [-0.15, -0.1) is 10.2 Å². The Balaban J connectivity index is 1.51. The molecule has 2 aromatic rings. The van der Waals surface area contributed by atoms with E-state index in [9.17, 15) is 0 Å². The lowest BCUT2D eigenvalue weighted by molar-refractivity contribution is 0.0659. The Morgan fingerprint density at radius 1 is 1.39 bits per heavy atom. The van der Waals surface area contributed by atoms with Crippen LogP contribution in [-0.2, 0) is 4.74 Å². The first-order chi connectivity index (χ1) is 8.93. The van der Waals surface area contributed by atoms with E-state index < -0.39 is 0 Å². The van der Waals surface area contributed by atoms with Gasteiger partial charge in [-0.3, -0.25) is 4.40 Å². The minimum absolute atomic E-state index is 0.462. The van der Waals surface area contributed by atoms with Gasteiger partial charge < -0.3 is 10.1 Å². The molecule has 1 saturated carbocycles. The highest BCUT2D eigenvalue weighted by Crippen LogP contribution is 2.20. The maximum atomic E-state index is 5.79. The van der Waals surface area contributed by atoms with Crippen molar-refractivity contribution in [2.24, 2.45) is 0 Å². The normalized spacial score (nSPS) is 16.4. The Kier molecular flexibility index (Phi) is 3.36. The van der Waals surface area contributed by atoms with Crippen molar-refractivity contribution in [2.45, 2.75) is 31.8 Å². The maximum Gasteiger partial charge on any atom is 0.203 e. The fraction of sp³-hybridized carbons (Fsp3) is 0.583. The monoisotopic (exact) mass is 247 g/mol. The molecule has 3 rings (SSSR count). The first kappa shape index (κ1) is 11.4. The summed E-state index contributed by atoms with van der Waals surface area (Å²) in [7, 11) is 0. The summed E-state index contributed by atoms with van der Waals surface area (Å²) < 4.78 is 7.63. The third-order valence-corrected chi connectivity index (χ3v) is 3.27. The van der Waals surface area contributed by atoms with Gasteiger partial charge in [-0.25, -0.2) is 4.98 Å². The van der Waals surface area contributed by atoms with Crippen molar-refractivity contribution in [3.8, 4) is 0 Å². The number of nitrogens with one attached hydrogen (secondary N) is 1. The van der Waals surface area contributed by atoms with Crippen LogP contribution in [0.2, 0.25) is 0 Å². The van der Waals surface area contributed by atoms with Gasteiger partial charge in [-0.2, -0.15) is 0 Å². The molecule has 0 aromatic carbocycles. The highest BCUT2D eigenvalue weighted by Gasteiger charge is 2.14. The molecule has 1 fully saturated rings. The molecule has 0 amide bonds.